The molecule has 0 saturated carbocycles. The normalized spacial score (nSPS) is 14.4. The number of sulfonamides is 1. The molecule has 1 aromatic carbocycles. The Kier molecular flexibility index (Phi) is 7.66. The molecule has 1 aromatic heterocycles. The van der Waals surface area contributed by atoms with Crippen LogP contribution in [0.25, 0.3) is 0 Å². The highest BCUT2D eigenvalue weighted by Crippen LogP contribution is 2.17. The van der Waals surface area contributed by atoms with Crippen LogP contribution >= 0.6 is 0 Å². The smallest absolute Gasteiger partial charge is 0.311 e. The van der Waals surface area contributed by atoms with Crippen molar-refractivity contribution in [3.05, 3.63) is 47.4 Å². The number of nitriles is 1. The molecule has 0 bridgehead atoms. The first-order chi connectivity index (χ1) is 14.4. The van der Waals surface area contributed by atoms with E-state index in [0.717, 1.165) is 31.7 Å². The summed E-state index contributed by atoms with van der Waals surface area (Å²) in [5.74, 6) is -2.67. The van der Waals surface area contributed by atoms with E-state index < -0.39 is 52.2 Å². The minimum atomic E-state index is -3.70. The molecule has 31 heavy (non-hydrogen) atoms. The first-order valence-corrected chi connectivity index (χ1v) is 10.7. The van der Waals surface area contributed by atoms with Crippen molar-refractivity contribution in [3.63, 3.8) is 0 Å². The fraction of sp³-hybridized carbons (Fsp3) is 0.389. The molecule has 3 atom stereocenters. The fourth-order valence-corrected chi connectivity index (χ4v) is 2.99. The van der Waals surface area contributed by atoms with Crippen LogP contribution in [0.15, 0.2) is 28.9 Å². The minimum absolute atomic E-state index is 0.0728. The Labute approximate surface area is 176 Å². The van der Waals surface area contributed by atoms with Crippen molar-refractivity contribution in [2.24, 2.45) is 0 Å². The summed E-state index contributed by atoms with van der Waals surface area (Å²) in [5.41, 5.74) is -0.272. The van der Waals surface area contributed by atoms with Gasteiger partial charge in [-0.25, -0.2) is 21.5 Å². The molecule has 0 spiro atoms. The van der Waals surface area contributed by atoms with Crippen molar-refractivity contribution in [1.82, 2.24) is 10.3 Å². The fourth-order valence-electron chi connectivity index (χ4n) is 2.62. The van der Waals surface area contributed by atoms with E-state index in [1.807, 2.05) is 0 Å². The molecule has 0 aliphatic heterocycles. The second-order valence-corrected chi connectivity index (χ2v) is 8.74. The quantitative estimate of drug-likeness (QED) is 0.485. The highest BCUT2D eigenvalue weighted by molar-refractivity contribution is 7.92. The number of aromatic nitrogens is 1. The second kappa shape index (κ2) is 9.82. The van der Waals surface area contributed by atoms with E-state index in [1.165, 1.54) is 0 Å². The number of aliphatic hydroxyl groups excluding tert-OH is 2. The van der Waals surface area contributed by atoms with Crippen LogP contribution in [0.5, 0.6) is 0 Å². The van der Waals surface area contributed by atoms with Crippen LogP contribution in [0.4, 0.5) is 14.8 Å². The van der Waals surface area contributed by atoms with Crippen molar-refractivity contribution in [2.75, 3.05) is 17.6 Å². The molecule has 13 heteroatoms. The van der Waals surface area contributed by atoms with Gasteiger partial charge >= 0.3 is 6.01 Å². The molecule has 3 unspecified atom stereocenters. The van der Waals surface area contributed by atoms with Crippen molar-refractivity contribution in [1.29, 1.82) is 5.26 Å². The number of carbonyl (C=O) groups is 1. The third-order valence-corrected chi connectivity index (χ3v) is 5.44. The molecule has 168 valence electrons. The van der Waals surface area contributed by atoms with Gasteiger partial charge in [0.1, 0.15) is 24.0 Å². The van der Waals surface area contributed by atoms with E-state index in [2.05, 4.69) is 10.3 Å². The number of nitrogens with one attached hydrogen (secondary N) is 1. The van der Waals surface area contributed by atoms with Gasteiger partial charge in [-0.3, -0.25) is 4.79 Å². The number of aliphatic hydroxyl groups is 2. The van der Waals surface area contributed by atoms with E-state index in [9.17, 15) is 32.2 Å². The van der Waals surface area contributed by atoms with Gasteiger partial charge in [-0.1, -0.05) is 0 Å². The van der Waals surface area contributed by atoms with Crippen molar-refractivity contribution < 1.29 is 36.6 Å². The number of nitrogens with zero attached hydrogens (tertiary/aromatic N) is 3. The van der Waals surface area contributed by atoms with Gasteiger partial charge < -0.3 is 19.9 Å². The van der Waals surface area contributed by atoms with E-state index in [1.54, 1.807) is 6.07 Å². The van der Waals surface area contributed by atoms with Gasteiger partial charge in [0.25, 0.3) is 5.91 Å². The Morgan fingerprint density at radius 2 is 1.94 bits per heavy atom. The van der Waals surface area contributed by atoms with Gasteiger partial charge in [-0.2, -0.15) is 10.2 Å². The summed E-state index contributed by atoms with van der Waals surface area (Å²) in [6, 6.07) is 2.63. The summed E-state index contributed by atoms with van der Waals surface area (Å²) in [6.07, 6.45) is -2.20. The molecule has 1 amide bonds. The third kappa shape index (κ3) is 6.45. The van der Waals surface area contributed by atoms with Crippen molar-refractivity contribution in [2.45, 2.75) is 31.1 Å². The molecule has 2 rings (SSSR count). The largest absolute Gasteiger partial charge is 0.430 e. The number of benzene rings is 1. The van der Waals surface area contributed by atoms with Crippen LogP contribution in [-0.4, -0.2) is 61.1 Å². The zero-order valence-electron chi connectivity index (χ0n) is 16.5. The van der Waals surface area contributed by atoms with Crippen LogP contribution in [0, 0.1) is 23.0 Å². The topological polar surface area (TPSA) is 157 Å². The lowest BCUT2D eigenvalue weighted by atomic mass is 9.96. The molecule has 0 aliphatic rings. The lowest BCUT2D eigenvalue weighted by molar-refractivity contribution is -0.000403. The SMILES string of the molecule is CN(c1nc(C(=O)NC(Cc2cc(F)cc(F)c2)C(O)C(O)CC#N)co1)S(C)(=O)=O. The lowest BCUT2D eigenvalue weighted by Crippen LogP contribution is -2.49. The molecule has 0 fully saturated rings. The Bertz CT molecular complexity index is 1060. The van der Waals surface area contributed by atoms with Gasteiger partial charge in [-0.05, 0) is 24.1 Å². The molecule has 3 N–H and O–H groups in total. The molecule has 0 saturated heterocycles. The van der Waals surface area contributed by atoms with E-state index in [4.69, 9.17) is 9.68 Å². The van der Waals surface area contributed by atoms with Gasteiger partial charge in [-0.15, -0.1) is 0 Å². The standard InChI is InChI=1S/C18H20F2N4O6S/c1-24(31(2,28)29)18-23-14(9-30-18)17(27)22-13(16(26)15(25)3-4-21)7-10-5-11(19)8-12(20)6-10/h5-6,8-9,13,15-16,25-26H,3,7H2,1-2H3,(H,22,27). The number of rotatable bonds is 9. The zero-order valence-corrected chi connectivity index (χ0v) is 17.3. The number of hydrogen-bond donors (Lipinski definition) is 3. The number of oxazole rings is 1. The van der Waals surface area contributed by atoms with Gasteiger partial charge in [0.2, 0.25) is 10.0 Å². The van der Waals surface area contributed by atoms with Crippen molar-refractivity contribution >= 4 is 21.9 Å². The minimum Gasteiger partial charge on any atom is -0.430 e. The van der Waals surface area contributed by atoms with Crippen molar-refractivity contribution in [3.8, 4) is 6.07 Å². The first-order valence-electron chi connectivity index (χ1n) is 8.80. The number of amides is 1. The average Bonchev–Trinajstić information content (AvgIpc) is 3.15. The summed E-state index contributed by atoms with van der Waals surface area (Å²) < 4.78 is 55.8. The Morgan fingerprint density at radius 1 is 1.32 bits per heavy atom. The molecule has 0 aliphatic carbocycles. The summed E-state index contributed by atoms with van der Waals surface area (Å²) in [6.45, 7) is 0. The molecular formula is C18H20F2N4O6S. The van der Waals surface area contributed by atoms with Gasteiger partial charge in [0.15, 0.2) is 5.69 Å². The monoisotopic (exact) mass is 458 g/mol. The number of hydrogen-bond acceptors (Lipinski definition) is 8. The maximum Gasteiger partial charge on any atom is 0.311 e. The maximum atomic E-state index is 13.5. The second-order valence-electron chi connectivity index (χ2n) is 6.73. The highest BCUT2D eigenvalue weighted by Gasteiger charge is 2.30. The molecule has 10 nitrogen and oxygen atoms in total. The molecule has 1 heterocycles. The molecular weight excluding hydrogens is 438 g/mol. The van der Waals surface area contributed by atoms with Crippen LogP contribution in [0.3, 0.4) is 0 Å². The Balaban J connectivity index is 2.27. The first kappa shape index (κ1) is 24.2. The van der Waals surface area contributed by atoms with E-state index in [-0.39, 0.29) is 23.7 Å². The van der Waals surface area contributed by atoms with Crippen LogP contribution < -0.4 is 9.62 Å². The van der Waals surface area contributed by atoms with Gasteiger partial charge in [0, 0.05) is 13.1 Å². The summed E-state index contributed by atoms with van der Waals surface area (Å²) >= 11 is 0. The zero-order chi connectivity index (χ0) is 23.3. The third-order valence-electron chi connectivity index (χ3n) is 4.29. The Morgan fingerprint density at radius 3 is 2.48 bits per heavy atom. The average molecular weight is 458 g/mol. The number of halogens is 2. The van der Waals surface area contributed by atoms with Crippen LogP contribution in [0.1, 0.15) is 22.5 Å². The lowest BCUT2D eigenvalue weighted by Gasteiger charge is -2.26. The predicted octanol–water partition coefficient (Wildman–Crippen LogP) is 0.325. The Hall–Kier alpha value is -3.08. The number of carbonyl (C=O) groups excluding carboxylic acids is 1. The number of anilines is 1. The predicted molar refractivity (Wildman–Crippen MR) is 103 cm³/mol. The van der Waals surface area contributed by atoms with Crippen LogP contribution in [-0.2, 0) is 16.4 Å². The highest BCUT2D eigenvalue weighted by atomic mass is 32.2. The van der Waals surface area contributed by atoms with Crippen LogP contribution in [0.2, 0.25) is 0 Å². The molecule has 2 aromatic rings. The molecule has 0 radical (unpaired) electrons. The summed E-state index contributed by atoms with van der Waals surface area (Å²) in [7, 11) is -2.54. The summed E-state index contributed by atoms with van der Waals surface area (Å²) in [4.78, 5) is 16.3. The van der Waals surface area contributed by atoms with E-state index >= 15 is 0 Å². The maximum absolute atomic E-state index is 13.5. The van der Waals surface area contributed by atoms with E-state index in [0.29, 0.717) is 10.4 Å². The summed E-state index contributed by atoms with van der Waals surface area (Å²) in [5, 5.41) is 31.4. The van der Waals surface area contributed by atoms with Gasteiger partial charge in [0.05, 0.1) is 30.9 Å².